The summed E-state index contributed by atoms with van der Waals surface area (Å²) < 4.78 is 5.11. The van der Waals surface area contributed by atoms with Crippen LogP contribution in [0.1, 0.15) is 19.3 Å². The van der Waals surface area contributed by atoms with Crippen molar-refractivity contribution in [3.8, 4) is 0 Å². The van der Waals surface area contributed by atoms with Crippen molar-refractivity contribution in [3.05, 3.63) is 48.9 Å². The maximum Gasteiger partial charge on any atom is 0.118 e. The van der Waals surface area contributed by atoms with Crippen molar-refractivity contribution in [3.63, 3.8) is 0 Å². The first kappa shape index (κ1) is 13.6. The second kappa shape index (κ2) is 9.13. The van der Waals surface area contributed by atoms with Crippen molar-refractivity contribution in [1.82, 2.24) is 5.32 Å². The van der Waals surface area contributed by atoms with Gasteiger partial charge in [0.1, 0.15) is 5.76 Å². The molecule has 0 aliphatic carbocycles. The third-order valence-corrected chi connectivity index (χ3v) is 2.00. The van der Waals surface area contributed by atoms with E-state index in [2.05, 4.69) is 24.6 Å². The molecule has 0 bridgehead atoms. The highest BCUT2D eigenvalue weighted by molar-refractivity contribution is 5.16. The number of hydrogen-bond acceptors (Lipinski definition) is 2. The summed E-state index contributed by atoms with van der Waals surface area (Å²) in [5.74, 6) is 0.831. The highest BCUT2D eigenvalue weighted by Gasteiger charge is 1.89. The van der Waals surface area contributed by atoms with Crippen LogP contribution in [0.5, 0.6) is 0 Å². The van der Waals surface area contributed by atoms with Gasteiger partial charge in [-0.25, -0.2) is 0 Å². The second-order valence-electron chi connectivity index (χ2n) is 3.16. The fraction of sp³-hybridized carbons (Fsp3) is 0.385. The minimum Gasteiger partial charge on any atom is -0.497 e. The number of nitrogens with one attached hydrogen (secondary N) is 1. The first-order valence-corrected chi connectivity index (χ1v) is 5.13. The van der Waals surface area contributed by atoms with E-state index in [-0.39, 0.29) is 0 Å². The van der Waals surface area contributed by atoms with Gasteiger partial charge in [-0.1, -0.05) is 25.3 Å². The molecule has 0 aliphatic rings. The van der Waals surface area contributed by atoms with Crippen molar-refractivity contribution in [2.45, 2.75) is 19.3 Å². The van der Waals surface area contributed by atoms with Crippen LogP contribution >= 0.6 is 0 Å². The summed E-state index contributed by atoms with van der Waals surface area (Å²) in [5, 5.41) is 3.03. The molecule has 0 fully saturated rings. The van der Waals surface area contributed by atoms with E-state index in [1.165, 1.54) is 0 Å². The average Bonchev–Trinajstić information content (AvgIpc) is 2.26. The van der Waals surface area contributed by atoms with Crippen LogP contribution in [0, 0.1) is 0 Å². The zero-order chi connectivity index (χ0) is 11.5. The van der Waals surface area contributed by atoms with E-state index in [0.717, 1.165) is 30.7 Å². The largest absolute Gasteiger partial charge is 0.497 e. The van der Waals surface area contributed by atoms with Gasteiger partial charge in [0.15, 0.2) is 0 Å². The molecule has 2 heteroatoms. The number of ether oxygens (including phenoxy) is 1. The third kappa shape index (κ3) is 7.62. The van der Waals surface area contributed by atoms with E-state index in [1.807, 2.05) is 19.2 Å². The van der Waals surface area contributed by atoms with Crippen molar-refractivity contribution in [1.29, 1.82) is 0 Å². The van der Waals surface area contributed by atoms with E-state index in [9.17, 15) is 0 Å². The molecule has 2 nitrogen and oxygen atoms in total. The van der Waals surface area contributed by atoms with Gasteiger partial charge in [0.25, 0.3) is 0 Å². The molecule has 0 spiro atoms. The highest BCUT2D eigenvalue weighted by Crippen LogP contribution is 2.05. The van der Waals surface area contributed by atoms with E-state index in [1.54, 1.807) is 13.2 Å². The lowest BCUT2D eigenvalue weighted by atomic mass is 10.2. The average molecular weight is 207 g/mol. The third-order valence-electron chi connectivity index (χ3n) is 2.00. The summed E-state index contributed by atoms with van der Waals surface area (Å²) in [5.41, 5.74) is 1.08. The molecule has 0 radical (unpaired) electrons. The van der Waals surface area contributed by atoms with Gasteiger partial charge in [0, 0.05) is 12.7 Å². The molecule has 84 valence electrons. The summed E-state index contributed by atoms with van der Waals surface area (Å²) in [6, 6.07) is 0. The maximum absolute atomic E-state index is 5.11. The number of methoxy groups -OCH3 is 1. The van der Waals surface area contributed by atoms with Crippen LogP contribution in [-0.2, 0) is 4.74 Å². The van der Waals surface area contributed by atoms with E-state index >= 15 is 0 Å². The van der Waals surface area contributed by atoms with Crippen LogP contribution in [0.15, 0.2) is 48.9 Å². The Hall–Kier alpha value is -1.44. The zero-order valence-electron chi connectivity index (χ0n) is 9.75. The quantitative estimate of drug-likeness (QED) is 0.375. The Labute approximate surface area is 93.0 Å². The van der Waals surface area contributed by atoms with Crippen LogP contribution in [0.4, 0.5) is 0 Å². The summed E-state index contributed by atoms with van der Waals surface area (Å²) in [6.45, 7) is 7.48. The Balaban J connectivity index is 3.74. The van der Waals surface area contributed by atoms with E-state index < -0.39 is 0 Å². The summed E-state index contributed by atoms with van der Waals surface area (Å²) in [6.07, 6.45) is 10.7. The lowest BCUT2D eigenvalue weighted by Gasteiger charge is -2.02. The maximum atomic E-state index is 5.11. The Morgan fingerprint density at radius 2 is 2.20 bits per heavy atom. The first-order chi connectivity index (χ1) is 7.24. The standard InChI is InChI=1S/C13H21NO/c1-5-9-13(15-4)11-8-6-7-10-12(2)14-3/h5,8-9,11,14H,1-2,6-7,10H2,3-4H3/b11-8-,13-9+. The Morgan fingerprint density at radius 3 is 2.73 bits per heavy atom. The predicted molar refractivity (Wildman–Crippen MR) is 66.5 cm³/mol. The Morgan fingerprint density at radius 1 is 1.47 bits per heavy atom. The summed E-state index contributed by atoms with van der Waals surface area (Å²) >= 11 is 0. The van der Waals surface area contributed by atoms with Gasteiger partial charge in [-0.3, -0.25) is 0 Å². The highest BCUT2D eigenvalue weighted by atomic mass is 16.5. The van der Waals surface area contributed by atoms with Crippen LogP contribution in [0.3, 0.4) is 0 Å². The normalized spacial score (nSPS) is 11.5. The Bertz CT molecular complexity index is 251. The summed E-state index contributed by atoms with van der Waals surface area (Å²) in [4.78, 5) is 0. The molecule has 0 saturated carbocycles. The van der Waals surface area contributed by atoms with Gasteiger partial charge in [-0.15, -0.1) is 0 Å². The zero-order valence-corrected chi connectivity index (χ0v) is 9.75. The SMILES string of the molecule is C=C/C=C(\C=C/CCCC(=C)NC)OC. The van der Waals surface area contributed by atoms with Crippen molar-refractivity contribution >= 4 is 0 Å². The Kier molecular flexibility index (Phi) is 8.25. The molecule has 0 rings (SSSR count). The lowest BCUT2D eigenvalue weighted by Crippen LogP contribution is -2.03. The first-order valence-electron chi connectivity index (χ1n) is 5.13. The number of unbranched alkanes of at least 4 members (excludes halogenated alkanes) is 1. The molecular formula is C13H21NO. The van der Waals surface area contributed by atoms with Crippen LogP contribution in [0.25, 0.3) is 0 Å². The second-order valence-corrected chi connectivity index (χ2v) is 3.16. The molecule has 0 atom stereocenters. The smallest absolute Gasteiger partial charge is 0.118 e. The molecule has 0 aromatic carbocycles. The van der Waals surface area contributed by atoms with Gasteiger partial charge >= 0.3 is 0 Å². The topological polar surface area (TPSA) is 21.3 Å². The number of allylic oxidation sites excluding steroid dienone is 5. The molecule has 0 aromatic rings. The monoisotopic (exact) mass is 207 g/mol. The number of hydrogen-bond donors (Lipinski definition) is 1. The van der Waals surface area contributed by atoms with Gasteiger partial charge in [-0.05, 0) is 31.4 Å². The molecule has 0 unspecified atom stereocenters. The molecule has 0 saturated heterocycles. The van der Waals surface area contributed by atoms with E-state index in [0.29, 0.717) is 0 Å². The molecule has 0 aromatic heterocycles. The van der Waals surface area contributed by atoms with Gasteiger partial charge in [0.2, 0.25) is 0 Å². The molecule has 0 amide bonds. The van der Waals surface area contributed by atoms with Crippen LogP contribution in [0.2, 0.25) is 0 Å². The summed E-state index contributed by atoms with van der Waals surface area (Å²) in [7, 11) is 3.55. The molecule has 0 aliphatic heterocycles. The lowest BCUT2D eigenvalue weighted by molar-refractivity contribution is 0.307. The minimum absolute atomic E-state index is 0.831. The molecular weight excluding hydrogens is 186 g/mol. The molecule has 1 N–H and O–H groups in total. The number of rotatable bonds is 8. The van der Waals surface area contributed by atoms with Crippen LogP contribution < -0.4 is 5.32 Å². The van der Waals surface area contributed by atoms with E-state index in [4.69, 9.17) is 4.74 Å². The predicted octanol–water partition coefficient (Wildman–Crippen LogP) is 3.16. The molecule has 15 heavy (non-hydrogen) atoms. The van der Waals surface area contributed by atoms with Crippen molar-refractivity contribution < 1.29 is 4.74 Å². The van der Waals surface area contributed by atoms with Crippen LogP contribution in [-0.4, -0.2) is 14.2 Å². The van der Waals surface area contributed by atoms with Crippen molar-refractivity contribution in [2.24, 2.45) is 0 Å². The minimum atomic E-state index is 0.831. The fourth-order valence-electron chi connectivity index (χ4n) is 1.07. The molecule has 0 heterocycles. The fourth-order valence-corrected chi connectivity index (χ4v) is 1.07. The van der Waals surface area contributed by atoms with Crippen molar-refractivity contribution in [2.75, 3.05) is 14.2 Å². The van der Waals surface area contributed by atoms with Gasteiger partial charge in [0.05, 0.1) is 7.11 Å². The van der Waals surface area contributed by atoms with Gasteiger partial charge in [-0.2, -0.15) is 0 Å². The van der Waals surface area contributed by atoms with Gasteiger partial charge < -0.3 is 10.1 Å².